The standard InChI is InChI=1S/C14H18FN/c1-16-14(11-6-2-3-7-11)10-12-8-4-5-9-13(12)15/h4-6,8-9,14,16H,2-3,7,10H2,1H3. The second-order valence-corrected chi connectivity index (χ2v) is 4.31. The van der Waals surface area contributed by atoms with Crippen LogP contribution in [0.3, 0.4) is 0 Å². The fourth-order valence-electron chi connectivity index (χ4n) is 2.31. The Kier molecular flexibility index (Phi) is 3.73. The van der Waals surface area contributed by atoms with Crippen molar-refractivity contribution in [3.8, 4) is 0 Å². The van der Waals surface area contributed by atoms with Crippen molar-refractivity contribution >= 4 is 0 Å². The third kappa shape index (κ3) is 2.50. The first-order chi connectivity index (χ1) is 7.81. The molecule has 0 fully saturated rings. The van der Waals surface area contributed by atoms with Crippen LogP contribution in [0.5, 0.6) is 0 Å². The summed E-state index contributed by atoms with van der Waals surface area (Å²) >= 11 is 0. The summed E-state index contributed by atoms with van der Waals surface area (Å²) in [4.78, 5) is 0. The molecule has 0 heterocycles. The maximum atomic E-state index is 13.5. The quantitative estimate of drug-likeness (QED) is 0.767. The Hall–Kier alpha value is -1.15. The number of hydrogen-bond acceptors (Lipinski definition) is 1. The molecule has 1 nitrogen and oxygen atoms in total. The third-order valence-electron chi connectivity index (χ3n) is 3.25. The molecule has 1 aromatic carbocycles. The van der Waals surface area contributed by atoms with Gasteiger partial charge in [-0.15, -0.1) is 0 Å². The molecule has 0 bridgehead atoms. The Labute approximate surface area is 96.4 Å². The van der Waals surface area contributed by atoms with Crippen molar-refractivity contribution in [3.05, 3.63) is 47.3 Å². The van der Waals surface area contributed by atoms with E-state index in [4.69, 9.17) is 0 Å². The highest BCUT2D eigenvalue weighted by Crippen LogP contribution is 2.23. The van der Waals surface area contributed by atoms with E-state index in [-0.39, 0.29) is 5.82 Å². The number of benzene rings is 1. The summed E-state index contributed by atoms with van der Waals surface area (Å²) in [5.74, 6) is -0.0960. The van der Waals surface area contributed by atoms with Gasteiger partial charge in [-0.25, -0.2) is 4.39 Å². The van der Waals surface area contributed by atoms with Crippen LogP contribution in [0.2, 0.25) is 0 Å². The summed E-state index contributed by atoms with van der Waals surface area (Å²) in [6, 6.07) is 7.33. The Morgan fingerprint density at radius 1 is 1.38 bits per heavy atom. The molecule has 1 unspecified atom stereocenters. The average molecular weight is 219 g/mol. The van der Waals surface area contributed by atoms with Crippen molar-refractivity contribution in [3.63, 3.8) is 0 Å². The van der Waals surface area contributed by atoms with Gasteiger partial charge in [0.2, 0.25) is 0 Å². The van der Waals surface area contributed by atoms with Gasteiger partial charge in [0.1, 0.15) is 5.82 Å². The topological polar surface area (TPSA) is 12.0 Å². The molecule has 2 rings (SSSR count). The van der Waals surface area contributed by atoms with Crippen LogP contribution >= 0.6 is 0 Å². The molecule has 2 heteroatoms. The molecule has 1 N–H and O–H groups in total. The van der Waals surface area contributed by atoms with E-state index in [1.54, 1.807) is 6.07 Å². The minimum Gasteiger partial charge on any atom is -0.313 e. The van der Waals surface area contributed by atoms with Gasteiger partial charge >= 0.3 is 0 Å². The summed E-state index contributed by atoms with van der Waals surface area (Å²) in [7, 11) is 1.95. The van der Waals surface area contributed by atoms with Gasteiger partial charge in [-0.2, -0.15) is 0 Å². The van der Waals surface area contributed by atoms with Crippen molar-refractivity contribution in [2.24, 2.45) is 0 Å². The van der Waals surface area contributed by atoms with Crippen LogP contribution < -0.4 is 5.32 Å². The molecule has 1 aliphatic rings. The van der Waals surface area contributed by atoms with E-state index in [1.807, 2.05) is 19.2 Å². The Morgan fingerprint density at radius 3 is 2.81 bits per heavy atom. The van der Waals surface area contributed by atoms with Crippen LogP contribution in [0.4, 0.5) is 4.39 Å². The molecule has 0 amide bonds. The van der Waals surface area contributed by atoms with Gasteiger partial charge in [-0.05, 0) is 44.4 Å². The van der Waals surface area contributed by atoms with Gasteiger partial charge in [-0.3, -0.25) is 0 Å². The molecule has 0 spiro atoms. The Morgan fingerprint density at radius 2 is 2.19 bits per heavy atom. The van der Waals surface area contributed by atoms with Crippen LogP contribution in [0.1, 0.15) is 24.8 Å². The maximum absolute atomic E-state index is 13.5. The molecule has 0 radical (unpaired) electrons. The van der Waals surface area contributed by atoms with Gasteiger partial charge < -0.3 is 5.32 Å². The SMILES string of the molecule is CNC(Cc1ccccc1F)C1=CCCC1. The van der Waals surface area contributed by atoms with Gasteiger partial charge in [0.05, 0.1) is 0 Å². The molecule has 16 heavy (non-hydrogen) atoms. The highest BCUT2D eigenvalue weighted by molar-refractivity contribution is 5.23. The predicted octanol–water partition coefficient (Wildman–Crippen LogP) is 3.07. The molecule has 1 atom stereocenters. The fourth-order valence-corrected chi connectivity index (χ4v) is 2.31. The van der Waals surface area contributed by atoms with Gasteiger partial charge in [-0.1, -0.05) is 29.8 Å². The number of hydrogen-bond donors (Lipinski definition) is 1. The molecule has 0 saturated carbocycles. The number of likely N-dealkylation sites (N-methyl/N-ethyl adjacent to an activating group) is 1. The molecular weight excluding hydrogens is 201 g/mol. The van der Waals surface area contributed by atoms with Crippen LogP contribution in [-0.2, 0) is 6.42 Å². The molecule has 0 saturated heterocycles. The average Bonchev–Trinajstić information content (AvgIpc) is 2.81. The summed E-state index contributed by atoms with van der Waals surface area (Å²) in [6.07, 6.45) is 6.60. The second kappa shape index (κ2) is 5.26. The van der Waals surface area contributed by atoms with Crippen molar-refractivity contribution in [1.82, 2.24) is 5.32 Å². The van der Waals surface area contributed by atoms with Crippen molar-refractivity contribution < 1.29 is 4.39 Å². The number of allylic oxidation sites excluding steroid dienone is 1. The zero-order valence-electron chi connectivity index (χ0n) is 9.67. The van der Waals surface area contributed by atoms with Crippen molar-refractivity contribution in [2.45, 2.75) is 31.7 Å². The van der Waals surface area contributed by atoms with E-state index in [2.05, 4.69) is 11.4 Å². The van der Waals surface area contributed by atoms with E-state index < -0.39 is 0 Å². The number of halogens is 1. The monoisotopic (exact) mass is 219 g/mol. The lowest BCUT2D eigenvalue weighted by atomic mass is 9.98. The zero-order chi connectivity index (χ0) is 11.4. The lowest BCUT2D eigenvalue weighted by molar-refractivity contribution is 0.569. The summed E-state index contributed by atoms with van der Waals surface area (Å²) in [6.45, 7) is 0. The summed E-state index contributed by atoms with van der Waals surface area (Å²) < 4.78 is 13.5. The number of rotatable bonds is 4. The van der Waals surface area contributed by atoms with Crippen molar-refractivity contribution in [2.75, 3.05) is 7.05 Å². The second-order valence-electron chi connectivity index (χ2n) is 4.31. The van der Waals surface area contributed by atoms with E-state index in [9.17, 15) is 4.39 Å². The van der Waals surface area contributed by atoms with E-state index in [0.717, 1.165) is 18.4 Å². The van der Waals surface area contributed by atoms with E-state index >= 15 is 0 Å². The molecule has 1 aromatic rings. The Bertz CT molecular complexity index is 384. The van der Waals surface area contributed by atoms with E-state index in [1.165, 1.54) is 24.5 Å². The lowest BCUT2D eigenvalue weighted by Crippen LogP contribution is -2.29. The maximum Gasteiger partial charge on any atom is 0.126 e. The highest BCUT2D eigenvalue weighted by atomic mass is 19.1. The summed E-state index contributed by atoms with van der Waals surface area (Å²) in [5, 5.41) is 3.28. The summed E-state index contributed by atoms with van der Waals surface area (Å²) in [5.41, 5.74) is 2.24. The van der Waals surface area contributed by atoms with Crippen LogP contribution in [0.25, 0.3) is 0 Å². The largest absolute Gasteiger partial charge is 0.313 e. The molecule has 0 aromatic heterocycles. The Balaban J connectivity index is 2.10. The molecular formula is C14H18FN. The first-order valence-corrected chi connectivity index (χ1v) is 5.91. The van der Waals surface area contributed by atoms with Crippen LogP contribution in [-0.4, -0.2) is 13.1 Å². The number of nitrogens with one attached hydrogen (secondary N) is 1. The van der Waals surface area contributed by atoms with Gasteiger partial charge in [0.25, 0.3) is 0 Å². The van der Waals surface area contributed by atoms with Crippen LogP contribution in [0.15, 0.2) is 35.9 Å². The van der Waals surface area contributed by atoms with Crippen molar-refractivity contribution in [1.29, 1.82) is 0 Å². The highest BCUT2D eigenvalue weighted by Gasteiger charge is 2.16. The molecule has 1 aliphatic carbocycles. The first-order valence-electron chi connectivity index (χ1n) is 5.91. The normalized spacial score (nSPS) is 17.2. The smallest absolute Gasteiger partial charge is 0.126 e. The van der Waals surface area contributed by atoms with Gasteiger partial charge in [0, 0.05) is 6.04 Å². The minimum absolute atomic E-state index is 0.0960. The van der Waals surface area contributed by atoms with Crippen LogP contribution in [0, 0.1) is 5.82 Å². The fraction of sp³-hybridized carbons (Fsp3) is 0.429. The molecule has 86 valence electrons. The first kappa shape index (κ1) is 11.3. The molecule has 0 aliphatic heterocycles. The van der Waals surface area contributed by atoms with Gasteiger partial charge in [0.15, 0.2) is 0 Å². The lowest BCUT2D eigenvalue weighted by Gasteiger charge is -2.18. The van der Waals surface area contributed by atoms with E-state index in [0.29, 0.717) is 6.04 Å². The minimum atomic E-state index is -0.0960. The zero-order valence-corrected chi connectivity index (χ0v) is 9.67. The predicted molar refractivity (Wildman–Crippen MR) is 64.9 cm³/mol. The third-order valence-corrected chi connectivity index (χ3v) is 3.25.